The van der Waals surface area contributed by atoms with Gasteiger partial charge in [0.1, 0.15) is 6.61 Å². The van der Waals surface area contributed by atoms with Crippen LogP contribution in [0.1, 0.15) is 38.2 Å². The van der Waals surface area contributed by atoms with Crippen molar-refractivity contribution in [2.45, 2.75) is 38.7 Å². The number of esters is 2. The van der Waals surface area contributed by atoms with E-state index in [1.54, 1.807) is 19.9 Å². The fraction of sp³-hybridized carbons (Fsp3) is 0.429. The third-order valence-electron chi connectivity index (χ3n) is 5.22. The number of hydrogen-bond donors (Lipinski definition) is 1. The van der Waals surface area contributed by atoms with Gasteiger partial charge < -0.3 is 19.5 Å². The molecule has 2 atom stereocenters. The van der Waals surface area contributed by atoms with Gasteiger partial charge in [0, 0.05) is 30.1 Å². The average Bonchev–Trinajstić information content (AvgIpc) is 3.24. The Morgan fingerprint density at radius 1 is 1.23 bits per heavy atom. The van der Waals surface area contributed by atoms with Crippen molar-refractivity contribution in [3.63, 3.8) is 0 Å². The van der Waals surface area contributed by atoms with Gasteiger partial charge >= 0.3 is 11.9 Å². The number of nitrogens with one attached hydrogen (secondary N) is 1. The molecule has 160 valence electrons. The molecular weight excluding hydrogens is 392 g/mol. The molecule has 9 nitrogen and oxygen atoms in total. The maximum absolute atomic E-state index is 13.0. The van der Waals surface area contributed by atoms with E-state index < -0.39 is 22.8 Å². The topological polar surface area (TPSA) is 117 Å². The van der Waals surface area contributed by atoms with Crippen molar-refractivity contribution in [2.24, 2.45) is 0 Å². The Balaban J connectivity index is 2.02. The standard InChI is InChI=1S/C21H24N2O7/c1-12-17(20(24)28-3)19(14-6-4-7-15(10-14)23(26)27)18(13(2)22-12)21(25)30-11-16-8-5-9-29-16/h4,6-7,10,16,19,22H,5,8-9,11H2,1-3H3. The van der Waals surface area contributed by atoms with Crippen LogP contribution in [0.2, 0.25) is 0 Å². The monoisotopic (exact) mass is 416 g/mol. The Morgan fingerprint density at radius 3 is 2.53 bits per heavy atom. The summed E-state index contributed by atoms with van der Waals surface area (Å²) in [5.41, 5.74) is 1.71. The minimum Gasteiger partial charge on any atom is -0.466 e. The van der Waals surface area contributed by atoms with E-state index in [0.717, 1.165) is 12.8 Å². The van der Waals surface area contributed by atoms with Crippen molar-refractivity contribution in [3.8, 4) is 0 Å². The van der Waals surface area contributed by atoms with Crippen molar-refractivity contribution < 1.29 is 28.7 Å². The van der Waals surface area contributed by atoms with E-state index in [2.05, 4.69) is 5.32 Å². The van der Waals surface area contributed by atoms with E-state index in [1.165, 1.54) is 25.3 Å². The van der Waals surface area contributed by atoms with Gasteiger partial charge in [-0.05, 0) is 32.3 Å². The Hall–Kier alpha value is -3.20. The smallest absolute Gasteiger partial charge is 0.336 e. The second kappa shape index (κ2) is 9.08. The molecule has 2 aliphatic heterocycles. The Labute approximate surface area is 173 Å². The molecule has 0 radical (unpaired) electrons. The maximum Gasteiger partial charge on any atom is 0.336 e. The van der Waals surface area contributed by atoms with Crippen LogP contribution < -0.4 is 5.32 Å². The van der Waals surface area contributed by atoms with Gasteiger partial charge in [-0.15, -0.1) is 0 Å². The molecule has 30 heavy (non-hydrogen) atoms. The van der Waals surface area contributed by atoms with Crippen LogP contribution in [0.3, 0.4) is 0 Å². The quantitative estimate of drug-likeness (QED) is 0.427. The van der Waals surface area contributed by atoms with E-state index in [4.69, 9.17) is 14.2 Å². The third-order valence-corrected chi connectivity index (χ3v) is 5.22. The Bertz CT molecular complexity index is 929. The van der Waals surface area contributed by atoms with E-state index >= 15 is 0 Å². The van der Waals surface area contributed by atoms with Crippen LogP contribution in [0.15, 0.2) is 46.8 Å². The molecule has 1 N–H and O–H groups in total. The lowest BCUT2D eigenvalue weighted by Crippen LogP contribution is -2.33. The summed E-state index contributed by atoms with van der Waals surface area (Å²) >= 11 is 0. The average molecular weight is 416 g/mol. The minimum atomic E-state index is -0.865. The lowest BCUT2D eigenvalue weighted by atomic mass is 9.80. The molecule has 9 heteroatoms. The van der Waals surface area contributed by atoms with Crippen LogP contribution in [0.25, 0.3) is 0 Å². The van der Waals surface area contributed by atoms with Crippen LogP contribution in [0, 0.1) is 10.1 Å². The van der Waals surface area contributed by atoms with Gasteiger partial charge in [0.2, 0.25) is 0 Å². The van der Waals surface area contributed by atoms with Crippen molar-refractivity contribution in [2.75, 3.05) is 20.3 Å². The van der Waals surface area contributed by atoms with Crippen molar-refractivity contribution >= 4 is 17.6 Å². The zero-order valence-corrected chi connectivity index (χ0v) is 17.1. The van der Waals surface area contributed by atoms with Gasteiger partial charge in [0.05, 0.1) is 35.2 Å². The van der Waals surface area contributed by atoms with E-state index in [0.29, 0.717) is 23.6 Å². The van der Waals surface area contributed by atoms with Gasteiger partial charge in [-0.2, -0.15) is 0 Å². The Kier molecular flexibility index (Phi) is 6.51. The highest BCUT2D eigenvalue weighted by molar-refractivity contribution is 5.99. The molecular formula is C21H24N2O7. The van der Waals surface area contributed by atoms with Crippen LogP contribution >= 0.6 is 0 Å². The molecule has 2 unspecified atom stereocenters. The molecule has 0 aromatic heterocycles. The summed E-state index contributed by atoms with van der Waals surface area (Å²) in [7, 11) is 1.24. The highest BCUT2D eigenvalue weighted by Crippen LogP contribution is 2.40. The minimum absolute atomic E-state index is 0.105. The molecule has 2 aliphatic rings. The van der Waals surface area contributed by atoms with Crippen LogP contribution in [-0.4, -0.2) is 43.3 Å². The second-order valence-corrected chi connectivity index (χ2v) is 7.21. The predicted molar refractivity (Wildman–Crippen MR) is 106 cm³/mol. The third kappa shape index (κ3) is 4.35. The first-order valence-corrected chi connectivity index (χ1v) is 9.63. The molecule has 0 bridgehead atoms. The van der Waals surface area contributed by atoms with Gasteiger partial charge in [0.25, 0.3) is 5.69 Å². The molecule has 1 fully saturated rings. The number of carbonyl (C=O) groups excluding carboxylic acids is 2. The highest BCUT2D eigenvalue weighted by Gasteiger charge is 2.38. The molecule has 1 aromatic rings. The molecule has 0 spiro atoms. The molecule has 0 aliphatic carbocycles. The maximum atomic E-state index is 13.0. The number of allylic oxidation sites excluding steroid dienone is 2. The zero-order chi connectivity index (χ0) is 21.8. The molecule has 1 saturated heterocycles. The number of rotatable bonds is 6. The summed E-state index contributed by atoms with van der Waals surface area (Å²) in [4.78, 5) is 36.4. The first-order valence-electron chi connectivity index (χ1n) is 9.63. The fourth-order valence-electron chi connectivity index (χ4n) is 3.82. The molecule has 1 aromatic carbocycles. The second-order valence-electron chi connectivity index (χ2n) is 7.21. The highest BCUT2D eigenvalue weighted by atomic mass is 16.6. The molecule has 0 saturated carbocycles. The summed E-state index contributed by atoms with van der Waals surface area (Å²) in [6, 6.07) is 5.86. The number of nitrogens with zero attached hydrogens (tertiary/aromatic N) is 1. The van der Waals surface area contributed by atoms with Crippen molar-refractivity contribution in [3.05, 3.63) is 62.5 Å². The van der Waals surface area contributed by atoms with Gasteiger partial charge in [0.15, 0.2) is 0 Å². The summed E-state index contributed by atoms with van der Waals surface area (Å²) in [6.07, 6.45) is 1.57. The number of hydrogen-bond acceptors (Lipinski definition) is 8. The molecule has 3 rings (SSSR count). The van der Waals surface area contributed by atoms with Crippen LogP contribution in [0.4, 0.5) is 5.69 Å². The number of methoxy groups -OCH3 is 1. The number of dihydropyridines is 1. The van der Waals surface area contributed by atoms with Gasteiger partial charge in [-0.1, -0.05) is 12.1 Å². The number of nitro benzene ring substituents is 1. The van der Waals surface area contributed by atoms with Crippen LogP contribution in [0.5, 0.6) is 0 Å². The van der Waals surface area contributed by atoms with E-state index in [9.17, 15) is 19.7 Å². The van der Waals surface area contributed by atoms with Gasteiger partial charge in [-0.3, -0.25) is 10.1 Å². The first kappa shape index (κ1) is 21.5. The number of ether oxygens (including phenoxy) is 3. The summed E-state index contributed by atoms with van der Waals surface area (Å²) in [5, 5.41) is 14.3. The normalized spacial score (nSPS) is 21.3. The molecule has 0 amide bonds. The first-order chi connectivity index (χ1) is 14.3. The number of carbonyl (C=O) groups is 2. The largest absolute Gasteiger partial charge is 0.466 e. The number of benzene rings is 1. The lowest BCUT2D eigenvalue weighted by molar-refractivity contribution is -0.384. The van der Waals surface area contributed by atoms with Crippen molar-refractivity contribution in [1.29, 1.82) is 0 Å². The SMILES string of the molecule is COC(=O)C1=C(C)NC(C)=C(C(=O)OCC2CCCO2)C1c1cccc([N+](=O)[O-])c1. The summed E-state index contributed by atoms with van der Waals surface area (Å²) < 4.78 is 15.9. The summed E-state index contributed by atoms with van der Waals surface area (Å²) in [6.45, 7) is 4.13. The van der Waals surface area contributed by atoms with Crippen LogP contribution in [-0.2, 0) is 23.8 Å². The number of non-ortho nitro benzene ring substituents is 1. The predicted octanol–water partition coefficient (Wildman–Crippen LogP) is 2.72. The lowest BCUT2D eigenvalue weighted by Gasteiger charge is -2.30. The fourth-order valence-corrected chi connectivity index (χ4v) is 3.82. The van der Waals surface area contributed by atoms with Crippen molar-refractivity contribution in [1.82, 2.24) is 5.32 Å². The Morgan fingerprint density at radius 2 is 1.93 bits per heavy atom. The van der Waals surface area contributed by atoms with Gasteiger partial charge in [-0.25, -0.2) is 9.59 Å². The number of nitro groups is 1. The summed E-state index contributed by atoms with van der Waals surface area (Å²) in [5.74, 6) is -2.11. The zero-order valence-electron chi connectivity index (χ0n) is 17.1. The van der Waals surface area contributed by atoms with E-state index in [-0.39, 0.29) is 29.5 Å². The van der Waals surface area contributed by atoms with E-state index in [1.807, 2.05) is 0 Å². The molecule has 2 heterocycles.